The van der Waals surface area contributed by atoms with Crippen molar-refractivity contribution in [2.24, 2.45) is 0 Å². The summed E-state index contributed by atoms with van der Waals surface area (Å²) in [4.78, 5) is 0. The van der Waals surface area contributed by atoms with Gasteiger partial charge in [-0.25, -0.2) is 0 Å². The first kappa shape index (κ1) is 31.9. The molecule has 256 valence electrons. The summed E-state index contributed by atoms with van der Waals surface area (Å²) in [5, 5.41) is 7.34. The lowest BCUT2D eigenvalue weighted by atomic mass is 9.34. The van der Waals surface area contributed by atoms with Crippen LogP contribution < -0.4 is 25.9 Å². The van der Waals surface area contributed by atoms with Crippen molar-refractivity contribution in [2.45, 2.75) is 52.4 Å². The van der Waals surface area contributed by atoms with Gasteiger partial charge < -0.3 is 9.47 Å². The summed E-state index contributed by atoms with van der Waals surface area (Å²) in [5.74, 6) is 3.57. The zero-order valence-electron chi connectivity index (χ0n) is 31.2. The average Bonchev–Trinajstić information content (AvgIpc) is 3.15. The Bertz CT molecular complexity index is 2670. The third kappa shape index (κ3) is 5.01. The molecule has 0 aromatic heterocycles. The van der Waals surface area contributed by atoms with Gasteiger partial charge in [0.05, 0.1) is 0 Å². The van der Waals surface area contributed by atoms with Crippen LogP contribution in [-0.4, -0.2) is 6.71 Å². The number of fused-ring (bicyclic) bond motifs is 7. The molecule has 2 heterocycles. The maximum atomic E-state index is 6.99. The highest BCUT2D eigenvalue weighted by Gasteiger charge is 2.41. The molecule has 10 rings (SSSR count). The van der Waals surface area contributed by atoms with Crippen LogP contribution in [0.4, 0.5) is 0 Å². The van der Waals surface area contributed by atoms with Crippen LogP contribution in [0, 0.1) is 0 Å². The fourth-order valence-electron chi connectivity index (χ4n) is 8.67. The molecule has 0 amide bonds. The largest absolute Gasteiger partial charge is 0.458 e. The average molecular weight is 685 g/mol. The molecule has 0 atom stereocenters. The Hall–Kier alpha value is -5.80. The molecule has 53 heavy (non-hydrogen) atoms. The Morgan fingerprint density at radius 1 is 0.396 bits per heavy atom. The summed E-state index contributed by atoms with van der Waals surface area (Å²) in [6, 6.07) is 51.3. The number of rotatable bonds is 2. The molecule has 0 N–H and O–H groups in total. The standard InChI is InChI=1S/C50H41BO2/c1-49(2,3)34-21-23-40-42(28-34)52-44-26-33(27-45-48(44)51(40)41-24-22-35(50(4,5)6)29-43(41)53-45)47-38-17-11-9-15-36(38)46(37-16-10-12-18-39(37)47)32-20-19-30-13-7-8-14-31(30)25-32/h7-29H,1-6H3. The Morgan fingerprint density at radius 3 is 1.34 bits per heavy atom. The molecule has 0 radical (unpaired) electrons. The summed E-state index contributed by atoms with van der Waals surface area (Å²) in [6.45, 7) is 13.6. The maximum Gasteiger partial charge on any atom is 0.260 e. The van der Waals surface area contributed by atoms with E-state index in [0.717, 1.165) is 34.0 Å². The first-order valence-electron chi connectivity index (χ1n) is 18.8. The van der Waals surface area contributed by atoms with E-state index in [1.54, 1.807) is 0 Å². The summed E-state index contributed by atoms with van der Waals surface area (Å²) < 4.78 is 14.0. The van der Waals surface area contributed by atoms with Crippen LogP contribution in [0.15, 0.2) is 140 Å². The van der Waals surface area contributed by atoms with Crippen molar-refractivity contribution >= 4 is 55.4 Å². The lowest BCUT2D eigenvalue weighted by Crippen LogP contribution is -2.57. The molecule has 3 heteroatoms. The molecule has 8 aromatic rings. The van der Waals surface area contributed by atoms with E-state index in [4.69, 9.17) is 9.47 Å². The van der Waals surface area contributed by atoms with Crippen molar-refractivity contribution < 1.29 is 9.47 Å². The molecular weight excluding hydrogens is 643 g/mol. The molecule has 0 bridgehead atoms. The smallest absolute Gasteiger partial charge is 0.260 e. The highest BCUT2D eigenvalue weighted by atomic mass is 16.5. The highest BCUT2D eigenvalue weighted by molar-refractivity contribution is 6.98. The third-order valence-corrected chi connectivity index (χ3v) is 11.5. The van der Waals surface area contributed by atoms with Crippen molar-refractivity contribution in [3.05, 3.63) is 151 Å². The number of ether oxygens (including phenoxy) is 2. The second kappa shape index (κ2) is 11.4. The maximum absolute atomic E-state index is 6.99. The van der Waals surface area contributed by atoms with Crippen molar-refractivity contribution in [1.82, 2.24) is 0 Å². The molecule has 8 aromatic carbocycles. The Balaban J connectivity index is 1.24. The van der Waals surface area contributed by atoms with Crippen molar-refractivity contribution in [3.8, 4) is 45.3 Å². The SMILES string of the molecule is CC(C)(C)c1ccc2c(c1)Oc1cc(-c3c4ccccc4c(-c4ccc5ccccc5c4)c4ccccc34)cc3c1B2c1ccc(C(C)(C)C)cc1O3. The van der Waals surface area contributed by atoms with Gasteiger partial charge in [-0.1, -0.05) is 151 Å². The van der Waals surface area contributed by atoms with Gasteiger partial charge in [-0.15, -0.1) is 0 Å². The Kier molecular flexibility index (Phi) is 6.83. The first-order chi connectivity index (χ1) is 25.5. The minimum Gasteiger partial charge on any atom is -0.458 e. The van der Waals surface area contributed by atoms with E-state index < -0.39 is 0 Å². The van der Waals surface area contributed by atoms with Crippen LogP contribution in [0.25, 0.3) is 54.6 Å². The predicted octanol–water partition coefficient (Wildman–Crippen LogP) is 11.8. The van der Waals surface area contributed by atoms with Crippen LogP contribution in [0.5, 0.6) is 23.0 Å². The van der Waals surface area contributed by atoms with Crippen molar-refractivity contribution in [3.63, 3.8) is 0 Å². The van der Waals surface area contributed by atoms with Gasteiger partial charge in [-0.2, -0.15) is 0 Å². The predicted molar refractivity (Wildman–Crippen MR) is 225 cm³/mol. The lowest BCUT2D eigenvalue weighted by Gasteiger charge is -2.35. The number of benzene rings is 8. The monoisotopic (exact) mass is 684 g/mol. The summed E-state index contributed by atoms with van der Waals surface area (Å²) in [7, 11) is 0. The van der Waals surface area contributed by atoms with E-state index in [1.165, 1.54) is 71.1 Å². The van der Waals surface area contributed by atoms with Gasteiger partial charge in [0.2, 0.25) is 0 Å². The fourth-order valence-corrected chi connectivity index (χ4v) is 8.67. The van der Waals surface area contributed by atoms with E-state index in [-0.39, 0.29) is 17.5 Å². The summed E-state index contributed by atoms with van der Waals surface area (Å²) in [5.41, 5.74) is 10.7. The topological polar surface area (TPSA) is 18.5 Å². The quantitative estimate of drug-likeness (QED) is 0.133. The Labute approximate surface area is 312 Å². The van der Waals surface area contributed by atoms with Crippen LogP contribution in [0.3, 0.4) is 0 Å². The van der Waals surface area contributed by atoms with E-state index in [1.807, 2.05) is 0 Å². The molecule has 0 unspecified atom stereocenters. The number of hydrogen-bond acceptors (Lipinski definition) is 2. The van der Waals surface area contributed by atoms with Gasteiger partial charge in [0, 0.05) is 5.46 Å². The van der Waals surface area contributed by atoms with Crippen LogP contribution >= 0.6 is 0 Å². The molecule has 0 saturated heterocycles. The molecule has 2 nitrogen and oxygen atoms in total. The minimum absolute atomic E-state index is 0.00774. The normalized spacial score (nSPS) is 13.4. The van der Waals surface area contributed by atoms with Crippen molar-refractivity contribution in [1.29, 1.82) is 0 Å². The zero-order valence-corrected chi connectivity index (χ0v) is 31.2. The summed E-state index contributed by atoms with van der Waals surface area (Å²) in [6.07, 6.45) is 0. The van der Waals surface area contributed by atoms with E-state index in [9.17, 15) is 0 Å². The second-order valence-electron chi connectivity index (χ2n) is 16.9. The zero-order chi connectivity index (χ0) is 36.2. The van der Waals surface area contributed by atoms with Crippen LogP contribution in [0.2, 0.25) is 0 Å². The molecule has 0 aliphatic carbocycles. The first-order valence-corrected chi connectivity index (χ1v) is 18.8. The van der Waals surface area contributed by atoms with Gasteiger partial charge in [0.25, 0.3) is 6.71 Å². The third-order valence-electron chi connectivity index (χ3n) is 11.5. The fraction of sp³-hybridized carbons (Fsp3) is 0.160. The van der Waals surface area contributed by atoms with Gasteiger partial charge in [0.1, 0.15) is 23.0 Å². The van der Waals surface area contributed by atoms with Gasteiger partial charge in [-0.3, -0.25) is 0 Å². The lowest BCUT2D eigenvalue weighted by molar-refractivity contribution is 0.461. The van der Waals surface area contributed by atoms with Crippen LogP contribution in [-0.2, 0) is 10.8 Å². The highest BCUT2D eigenvalue weighted by Crippen LogP contribution is 2.47. The Morgan fingerprint density at radius 2 is 0.849 bits per heavy atom. The van der Waals surface area contributed by atoms with Crippen LogP contribution in [0.1, 0.15) is 52.7 Å². The molecule has 0 spiro atoms. The van der Waals surface area contributed by atoms with E-state index in [0.29, 0.717) is 0 Å². The molecule has 2 aliphatic heterocycles. The van der Waals surface area contributed by atoms with Gasteiger partial charge >= 0.3 is 0 Å². The molecule has 0 saturated carbocycles. The van der Waals surface area contributed by atoms with Gasteiger partial charge in [0.15, 0.2) is 0 Å². The molecule has 2 aliphatic rings. The van der Waals surface area contributed by atoms with E-state index >= 15 is 0 Å². The minimum atomic E-state index is -0.00845. The van der Waals surface area contributed by atoms with E-state index in [2.05, 4.69) is 181 Å². The van der Waals surface area contributed by atoms with Crippen molar-refractivity contribution in [2.75, 3.05) is 0 Å². The summed E-state index contributed by atoms with van der Waals surface area (Å²) >= 11 is 0. The second-order valence-corrected chi connectivity index (χ2v) is 16.9. The number of hydrogen-bond donors (Lipinski definition) is 0. The van der Waals surface area contributed by atoms with Gasteiger partial charge in [-0.05, 0) is 118 Å². The molecular formula is C50H41BO2. The molecule has 0 fully saturated rings.